The minimum Gasteiger partial charge on any atom is -0.481 e. The van der Waals surface area contributed by atoms with Crippen LogP contribution in [0.5, 0.6) is 0 Å². The number of likely N-dealkylation sites (N-methyl/N-ethyl adjacent to an activating group) is 1. The van der Waals surface area contributed by atoms with Crippen molar-refractivity contribution in [2.24, 2.45) is 11.8 Å². The Kier molecular flexibility index (Phi) is 8.30. The summed E-state index contributed by atoms with van der Waals surface area (Å²) in [7, 11) is 1.69. The van der Waals surface area contributed by atoms with E-state index in [0.29, 0.717) is 19.4 Å². The highest BCUT2D eigenvalue weighted by molar-refractivity contribution is 5.88. The van der Waals surface area contributed by atoms with E-state index in [1.807, 2.05) is 49.6 Å². The molecule has 0 bridgehead atoms. The van der Waals surface area contributed by atoms with Gasteiger partial charge in [-0.3, -0.25) is 14.4 Å². The van der Waals surface area contributed by atoms with Crippen LogP contribution in [-0.2, 0) is 25.7 Å². The molecule has 1 heterocycles. The van der Waals surface area contributed by atoms with Gasteiger partial charge in [0.2, 0.25) is 11.8 Å². The number of imidazole rings is 1. The number of carboxylic acid groups (broad SMARTS) is 1. The van der Waals surface area contributed by atoms with Crippen molar-refractivity contribution in [3.63, 3.8) is 0 Å². The van der Waals surface area contributed by atoms with Crippen LogP contribution in [0, 0.1) is 18.8 Å². The number of carboxylic acids is 1. The van der Waals surface area contributed by atoms with Gasteiger partial charge in [0.1, 0.15) is 12.1 Å². The molecule has 9 nitrogen and oxygen atoms in total. The Morgan fingerprint density at radius 1 is 1.23 bits per heavy atom. The Balaban J connectivity index is 1.99. The molecule has 0 aliphatic heterocycles. The Hall–Kier alpha value is -3.23. The monoisotopic (exact) mass is 430 g/mol. The van der Waals surface area contributed by atoms with Gasteiger partial charge >= 0.3 is 5.97 Å². The van der Waals surface area contributed by atoms with Crippen molar-refractivity contribution in [1.29, 1.82) is 0 Å². The SMILES string of the molecule is Cc1nc2ccccc2n1CCN(C)C(=O)CC(C(=O)NC(C=O)CC(=O)O)C(C)C. The second-order valence-electron chi connectivity index (χ2n) is 8.02. The third-order valence-electron chi connectivity index (χ3n) is 5.35. The molecule has 2 unspecified atom stereocenters. The maximum absolute atomic E-state index is 12.8. The fraction of sp³-hybridized carbons (Fsp3) is 0.500. The van der Waals surface area contributed by atoms with Crippen molar-refractivity contribution < 1.29 is 24.3 Å². The Labute approximate surface area is 181 Å². The Bertz CT molecular complexity index is 953. The van der Waals surface area contributed by atoms with Crippen molar-refractivity contribution >= 4 is 35.1 Å². The first-order valence-electron chi connectivity index (χ1n) is 10.3. The van der Waals surface area contributed by atoms with Crippen LogP contribution in [0.1, 0.15) is 32.5 Å². The summed E-state index contributed by atoms with van der Waals surface area (Å²) in [5, 5.41) is 11.3. The van der Waals surface area contributed by atoms with Crippen LogP contribution in [0.3, 0.4) is 0 Å². The highest BCUT2D eigenvalue weighted by atomic mass is 16.4. The summed E-state index contributed by atoms with van der Waals surface area (Å²) in [6.07, 6.45) is -0.121. The molecular weight excluding hydrogens is 400 g/mol. The van der Waals surface area contributed by atoms with Crippen molar-refractivity contribution in [2.75, 3.05) is 13.6 Å². The number of carbonyl (C=O) groups excluding carboxylic acids is 3. The summed E-state index contributed by atoms with van der Waals surface area (Å²) in [4.78, 5) is 53.3. The largest absolute Gasteiger partial charge is 0.481 e. The summed E-state index contributed by atoms with van der Waals surface area (Å²) < 4.78 is 2.05. The van der Waals surface area contributed by atoms with Crippen LogP contribution in [0.15, 0.2) is 24.3 Å². The number of aryl methyl sites for hydroxylation is 1. The lowest BCUT2D eigenvalue weighted by molar-refractivity contribution is -0.140. The number of nitrogens with one attached hydrogen (secondary N) is 1. The van der Waals surface area contributed by atoms with Crippen LogP contribution in [0.4, 0.5) is 0 Å². The zero-order valence-electron chi connectivity index (χ0n) is 18.4. The number of amides is 2. The second-order valence-corrected chi connectivity index (χ2v) is 8.02. The topological polar surface area (TPSA) is 122 Å². The van der Waals surface area contributed by atoms with Crippen molar-refractivity contribution in [1.82, 2.24) is 19.8 Å². The molecule has 0 aliphatic rings. The van der Waals surface area contributed by atoms with E-state index in [4.69, 9.17) is 5.11 Å². The summed E-state index contributed by atoms with van der Waals surface area (Å²) in [6, 6.07) is 6.68. The van der Waals surface area contributed by atoms with Gasteiger partial charge in [-0.2, -0.15) is 0 Å². The first-order valence-corrected chi connectivity index (χ1v) is 10.3. The number of nitrogens with zero attached hydrogens (tertiary/aromatic N) is 3. The molecule has 0 radical (unpaired) electrons. The van der Waals surface area contributed by atoms with E-state index in [-0.39, 0.29) is 18.2 Å². The van der Waals surface area contributed by atoms with Gasteiger partial charge in [0.25, 0.3) is 0 Å². The number of fused-ring (bicyclic) bond motifs is 1. The predicted octanol–water partition coefficient (Wildman–Crippen LogP) is 1.62. The quantitative estimate of drug-likeness (QED) is 0.523. The van der Waals surface area contributed by atoms with Gasteiger partial charge in [-0.1, -0.05) is 26.0 Å². The summed E-state index contributed by atoms with van der Waals surface area (Å²) >= 11 is 0. The maximum Gasteiger partial charge on any atom is 0.305 e. The van der Waals surface area contributed by atoms with E-state index in [9.17, 15) is 19.2 Å². The number of aromatic nitrogens is 2. The fourth-order valence-electron chi connectivity index (χ4n) is 3.44. The molecule has 2 amide bonds. The van der Waals surface area contributed by atoms with Gasteiger partial charge in [-0.25, -0.2) is 4.98 Å². The third-order valence-corrected chi connectivity index (χ3v) is 5.35. The maximum atomic E-state index is 12.8. The standard InChI is InChI=1S/C22H30N4O5/c1-14(2)17(22(31)24-16(13-27)11-21(29)30)12-20(28)25(4)9-10-26-15(3)23-18-7-5-6-8-19(18)26/h5-8,13-14,16-17H,9-12H2,1-4H3,(H,24,31)(H,29,30). The highest BCUT2D eigenvalue weighted by Gasteiger charge is 2.28. The molecule has 0 saturated carbocycles. The van der Waals surface area contributed by atoms with Gasteiger partial charge in [0, 0.05) is 32.5 Å². The summed E-state index contributed by atoms with van der Waals surface area (Å²) in [5.41, 5.74) is 1.90. The van der Waals surface area contributed by atoms with Crippen LogP contribution in [0.2, 0.25) is 0 Å². The summed E-state index contributed by atoms with van der Waals surface area (Å²) in [5.74, 6) is -1.84. The number of hydrogen-bond donors (Lipinski definition) is 2. The van der Waals surface area contributed by atoms with E-state index in [1.54, 1.807) is 11.9 Å². The molecule has 9 heteroatoms. The van der Waals surface area contributed by atoms with Gasteiger partial charge in [-0.05, 0) is 25.0 Å². The van der Waals surface area contributed by atoms with Crippen LogP contribution in [0.25, 0.3) is 11.0 Å². The number of hydrogen-bond acceptors (Lipinski definition) is 5. The third kappa shape index (κ3) is 6.37. The number of para-hydroxylation sites is 2. The molecule has 2 N–H and O–H groups in total. The van der Waals surface area contributed by atoms with E-state index in [1.165, 1.54) is 0 Å². The molecule has 168 valence electrons. The number of aldehydes is 1. The average Bonchev–Trinajstić information content (AvgIpc) is 3.03. The molecule has 2 rings (SSSR count). The average molecular weight is 431 g/mol. The van der Waals surface area contributed by atoms with Crippen molar-refractivity contribution in [2.45, 2.75) is 46.2 Å². The van der Waals surface area contributed by atoms with E-state index >= 15 is 0 Å². The number of benzene rings is 1. The zero-order chi connectivity index (χ0) is 23.1. The van der Waals surface area contributed by atoms with Crippen molar-refractivity contribution in [3.05, 3.63) is 30.1 Å². The lowest BCUT2D eigenvalue weighted by atomic mass is 9.90. The van der Waals surface area contributed by atoms with Crippen LogP contribution in [-0.4, -0.2) is 63.3 Å². The normalized spacial score (nSPS) is 13.1. The minimum absolute atomic E-state index is 0.0255. The van der Waals surface area contributed by atoms with Crippen LogP contribution >= 0.6 is 0 Å². The van der Waals surface area contributed by atoms with E-state index < -0.39 is 30.3 Å². The second kappa shape index (κ2) is 10.7. The fourth-order valence-corrected chi connectivity index (χ4v) is 3.44. The Morgan fingerprint density at radius 3 is 2.52 bits per heavy atom. The molecule has 0 saturated heterocycles. The number of aliphatic carboxylic acids is 1. The Morgan fingerprint density at radius 2 is 1.90 bits per heavy atom. The molecule has 31 heavy (non-hydrogen) atoms. The van der Waals surface area contributed by atoms with E-state index in [2.05, 4.69) is 10.3 Å². The van der Waals surface area contributed by atoms with Crippen molar-refractivity contribution in [3.8, 4) is 0 Å². The molecule has 1 aromatic carbocycles. The molecule has 0 fully saturated rings. The van der Waals surface area contributed by atoms with E-state index in [0.717, 1.165) is 16.9 Å². The summed E-state index contributed by atoms with van der Waals surface area (Å²) in [6.45, 7) is 6.56. The smallest absolute Gasteiger partial charge is 0.305 e. The van der Waals surface area contributed by atoms with Crippen LogP contribution < -0.4 is 5.32 Å². The first kappa shape index (κ1) is 24.0. The number of rotatable bonds is 11. The first-order chi connectivity index (χ1) is 14.6. The molecule has 0 spiro atoms. The molecule has 0 aliphatic carbocycles. The van der Waals surface area contributed by atoms with Gasteiger partial charge in [-0.15, -0.1) is 0 Å². The molecular formula is C22H30N4O5. The van der Waals surface area contributed by atoms with Gasteiger partial charge < -0.3 is 24.7 Å². The van der Waals surface area contributed by atoms with Gasteiger partial charge in [0.05, 0.1) is 23.5 Å². The minimum atomic E-state index is -1.18. The highest BCUT2D eigenvalue weighted by Crippen LogP contribution is 2.18. The molecule has 2 atom stereocenters. The number of carbonyl (C=O) groups is 4. The zero-order valence-corrected chi connectivity index (χ0v) is 18.4. The lowest BCUT2D eigenvalue weighted by Gasteiger charge is -2.25. The molecule has 2 aromatic rings. The molecule has 1 aromatic heterocycles. The predicted molar refractivity (Wildman–Crippen MR) is 115 cm³/mol. The van der Waals surface area contributed by atoms with Gasteiger partial charge in [0.15, 0.2) is 0 Å². The lowest BCUT2D eigenvalue weighted by Crippen LogP contribution is -2.44.